The third-order valence-corrected chi connectivity index (χ3v) is 3.28. The number of methoxy groups -OCH3 is 2. The maximum Gasteiger partial charge on any atom is 0.268 e. The zero-order chi connectivity index (χ0) is 11.6. The fourth-order valence-corrected chi connectivity index (χ4v) is 2.58. The van der Waals surface area contributed by atoms with Crippen LogP contribution in [-0.2, 0) is 9.05 Å². The lowest BCUT2D eigenvalue weighted by Crippen LogP contribution is -2.01. The van der Waals surface area contributed by atoms with E-state index in [9.17, 15) is 8.42 Å². The van der Waals surface area contributed by atoms with Gasteiger partial charge in [-0.1, -0.05) is 6.07 Å². The molecule has 0 unspecified atom stereocenters. The Morgan fingerprint density at radius 1 is 1.20 bits per heavy atom. The number of hydrogen-bond acceptors (Lipinski definition) is 4. The van der Waals surface area contributed by atoms with Gasteiger partial charge in [-0.15, -0.1) is 0 Å². The number of rotatable bonds is 3. The SMILES string of the molecule is COc1ccc(C)c(OC)c1S(=O)(=O)Cl. The Bertz CT molecular complexity index is 467. The van der Waals surface area contributed by atoms with Crippen LogP contribution in [0.25, 0.3) is 0 Å². The summed E-state index contributed by atoms with van der Waals surface area (Å²) in [5, 5.41) is 0. The molecule has 0 fully saturated rings. The minimum atomic E-state index is -3.89. The van der Waals surface area contributed by atoms with Gasteiger partial charge in [0.15, 0.2) is 4.90 Å². The molecule has 0 aliphatic rings. The molecule has 0 heterocycles. The Hall–Kier alpha value is -0.940. The minimum Gasteiger partial charge on any atom is -0.495 e. The van der Waals surface area contributed by atoms with E-state index in [-0.39, 0.29) is 16.4 Å². The topological polar surface area (TPSA) is 52.6 Å². The molecular weight excluding hydrogens is 240 g/mol. The lowest BCUT2D eigenvalue weighted by molar-refractivity contribution is 0.372. The minimum absolute atomic E-state index is 0.130. The molecule has 1 rings (SSSR count). The Labute approximate surface area is 93.2 Å². The number of halogens is 1. The molecule has 0 saturated carbocycles. The fourth-order valence-electron chi connectivity index (χ4n) is 1.29. The summed E-state index contributed by atoms with van der Waals surface area (Å²) in [6.07, 6.45) is 0. The first kappa shape index (κ1) is 12.1. The summed E-state index contributed by atoms with van der Waals surface area (Å²) in [5.74, 6) is 0.386. The third-order valence-electron chi connectivity index (χ3n) is 1.94. The predicted octanol–water partition coefficient (Wildman–Crippen LogP) is 1.94. The van der Waals surface area contributed by atoms with Crippen LogP contribution in [0.1, 0.15) is 5.56 Å². The highest BCUT2D eigenvalue weighted by atomic mass is 35.7. The molecule has 1 aromatic carbocycles. The van der Waals surface area contributed by atoms with Gasteiger partial charge in [-0.25, -0.2) is 8.42 Å². The molecule has 0 aliphatic heterocycles. The van der Waals surface area contributed by atoms with Crippen molar-refractivity contribution in [2.45, 2.75) is 11.8 Å². The van der Waals surface area contributed by atoms with E-state index in [1.807, 2.05) is 0 Å². The van der Waals surface area contributed by atoms with E-state index < -0.39 is 9.05 Å². The van der Waals surface area contributed by atoms with Crippen LogP contribution in [0, 0.1) is 6.92 Å². The van der Waals surface area contributed by atoms with E-state index in [0.29, 0.717) is 5.56 Å². The van der Waals surface area contributed by atoms with Crippen molar-refractivity contribution < 1.29 is 17.9 Å². The first-order valence-electron chi connectivity index (χ1n) is 4.08. The predicted molar refractivity (Wildman–Crippen MR) is 57.3 cm³/mol. The summed E-state index contributed by atoms with van der Waals surface area (Å²) in [5.41, 5.74) is 0.678. The van der Waals surface area contributed by atoms with Crippen LogP contribution in [0.5, 0.6) is 11.5 Å². The second-order valence-corrected chi connectivity index (χ2v) is 5.39. The zero-order valence-electron chi connectivity index (χ0n) is 8.57. The standard InChI is InChI=1S/C9H11ClO4S/c1-6-4-5-7(13-2)9(8(6)14-3)15(10,11)12/h4-5H,1-3H3. The molecule has 0 aromatic heterocycles. The highest BCUT2D eigenvalue weighted by Gasteiger charge is 2.23. The molecule has 0 bridgehead atoms. The number of benzene rings is 1. The van der Waals surface area contributed by atoms with E-state index in [0.717, 1.165) is 0 Å². The van der Waals surface area contributed by atoms with Crippen molar-refractivity contribution in [3.8, 4) is 11.5 Å². The summed E-state index contributed by atoms with van der Waals surface area (Å²) in [6.45, 7) is 1.73. The van der Waals surface area contributed by atoms with Gasteiger partial charge in [-0.2, -0.15) is 0 Å². The van der Waals surface area contributed by atoms with Crippen LogP contribution in [0.3, 0.4) is 0 Å². The van der Waals surface area contributed by atoms with Crippen molar-refractivity contribution >= 4 is 19.7 Å². The van der Waals surface area contributed by atoms with Gasteiger partial charge >= 0.3 is 0 Å². The number of hydrogen-bond donors (Lipinski definition) is 0. The van der Waals surface area contributed by atoms with E-state index in [1.54, 1.807) is 13.0 Å². The molecule has 0 spiro atoms. The van der Waals surface area contributed by atoms with Crippen molar-refractivity contribution in [2.24, 2.45) is 0 Å². The van der Waals surface area contributed by atoms with Gasteiger partial charge in [0.05, 0.1) is 14.2 Å². The summed E-state index contributed by atoms with van der Waals surface area (Å²) in [7, 11) is 4.17. The molecule has 84 valence electrons. The summed E-state index contributed by atoms with van der Waals surface area (Å²) >= 11 is 0. The first-order valence-corrected chi connectivity index (χ1v) is 6.39. The third kappa shape index (κ3) is 2.35. The molecule has 1 aromatic rings. The van der Waals surface area contributed by atoms with Crippen LogP contribution in [0.2, 0.25) is 0 Å². The van der Waals surface area contributed by atoms with Crippen molar-refractivity contribution in [1.82, 2.24) is 0 Å². The zero-order valence-corrected chi connectivity index (χ0v) is 10.1. The van der Waals surface area contributed by atoms with Crippen molar-refractivity contribution in [1.29, 1.82) is 0 Å². The van der Waals surface area contributed by atoms with E-state index in [4.69, 9.17) is 20.2 Å². The molecule has 6 heteroatoms. The molecule has 15 heavy (non-hydrogen) atoms. The molecule has 0 atom stereocenters. The number of aryl methyl sites for hydroxylation is 1. The highest BCUT2D eigenvalue weighted by molar-refractivity contribution is 8.14. The lowest BCUT2D eigenvalue weighted by atomic mass is 10.2. The second-order valence-electron chi connectivity index (χ2n) is 2.88. The highest BCUT2D eigenvalue weighted by Crippen LogP contribution is 2.37. The van der Waals surface area contributed by atoms with Gasteiger partial charge in [0.25, 0.3) is 9.05 Å². The van der Waals surface area contributed by atoms with E-state index >= 15 is 0 Å². The lowest BCUT2D eigenvalue weighted by Gasteiger charge is -2.12. The Morgan fingerprint density at radius 3 is 2.20 bits per heavy atom. The van der Waals surface area contributed by atoms with E-state index in [1.165, 1.54) is 20.3 Å². The van der Waals surface area contributed by atoms with Gasteiger partial charge in [0, 0.05) is 10.7 Å². The van der Waals surface area contributed by atoms with Gasteiger partial charge in [-0.3, -0.25) is 0 Å². The van der Waals surface area contributed by atoms with Gasteiger partial charge in [0.2, 0.25) is 0 Å². The quantitative estimate of drug-likeness (QED) is 0.770. The molecular formula is C9H11ClO4S. The Balaban J connectivity index is 3.63. The smallest absolute Gasteiger partial charge is 0.268 e. The summed E-state index contributed by atoms with van der Waals surface area (Å²) < 4.78 is 32.6. The largest absolute Gasteiger partial charge is 0.495 e. The second kappa shape index (κ2) is 4.28. The maximum absolute atomic E-state index is 11.3. The van der Waals surface area contributed by atoms with Gasteiger partial charge in [0.1, 0.15) is 11.5 Å². The van der Waals surface area contributed by atoms with Gasteiger partial charge < -0.3 is 9.47 Å². The van der Waals surface area contributed by atoms with Crippen molar-refractivity contribution in [2.75, 3.05) is 14.2 Å². The van der Waals surface area contributed by atoms with Crippen molar-refractivity contribution in [3.05, 3.63) is 17.7 Å². The van der Waals surface area contributed by atoms with Crippen LogP contribution in [-0.4, -0.2) is 22.6 Å². The average molecular weight is 251 g/mol. The average Bonchev–Trinajstić information content (AvgIpc) is 2.15. The van der Waals surface area contributed by atoms with Crippen molar-refractivity contribution in [3.63, 3.8) is 0 Å². The number of ether oxygens (including phenoxy) is 2. The van der Waals surface area contributed by atoms with Crippen LogP contribution in [0.15, 0.2) is 17.0 Å². The van der Waals surface area contributed by atoms with Crippen LogP contribution < -0.4 is 9.47 Å². The summed E-state index contributed by atoms with van der Waals surface area (Å²) in [4.78, 5) is -0.130. The summed E-state index contributed by atoms with van der Waals surface area (Å²) in [6, 6.07) is 3.23. The molecule has 0 radical (unpaired) electrons. The Kier molecular flexibility index (Phi) is 3.46. The molecule has 0 aliphatic carbocycles. The van der Waals surface area contributed by atoms with Crippen LogP contribution >= 0.6 is 10.7 Å². The van der Waals surface area contributed by atoms with Crippen LogP contribution in [0.4, 0.5) is 0 Å². The monoisotopic (exact) mass is 250 g/mol. The first-order chi connectivity index (χ1) is 6.91. The molecule has 4 nitrogen and oxygen atoms in total. The maximum atomic E-state index is 11.3. The van der Waals surface area contributed by atoms with Gasteiger partial charge in [-0.05, 0) is 18.6 Å². The Morgan fingerprint density at radius 2 is 1.80 bits per heavy atom. The molecule has 0 N–H and O–H groups in total. The van der Waals surface area contributed by atoms with E-state index in [2.05, 4.69) is 0 Å². The molecule has 0 saturated heterocycles. The normalized spacial score (nSPS) is 11.2. The fraction of sp³-hybridized carbons (Fsp3) is 0.333. The molecule has 0 amide bonds.